The number of piperidine rings is 1. The summed E-state index contributed by atoms with van der Waals surface area (Å²) in [5.74, 6) is 0.117. The number of hydrogen-bond acceptors (Lipinski definition) is 5. The van der Waals surface area contributed by atoms with Gasteiger partial charge in [0.05, 0.1) is 5.69 Å². The van der Waals surface area contributed by atoms with Gasteiger partial charge in [0.1, 0.15) is 11.3 Å². The van der Waals surface area contributed by atoms with Gasteiger partial charge in [-0.05, 0) is 61.8 Å². The molecule has 0 saturated carbocycles. The number of carbonyl (C=O) groups excluding carboxylic acids is 2. The van der Waals surface area contributed by atoms with E-state index < -0.39 is 11.8 Å². The predicted molar refractivity (Wildman–Crippen MR) is 112 cm³/mol. The van der Waals surface area contributed by atoms with Crippen molar-refractivity contribution >= 4 is 58.4 Å². The highest BCUT2D eigenvalue weighted by atomic mass is 35.5. The maximum atomic E-state index is 13.0. The first-order valence-corrected chi connectivity index (χ1v) is 9.83. The minimum Gasteiger partial charge on any atom is -0.441 e. The molecule has 6 nitrogen and oxygen atoms in total. The van der Waals surface area contributed by atoms with E-state index in [1.165, 1.54) is 17.4 Å². The quantitative estimate of drug-likeness (QED) is 0.469. The van der Waals surface area contributed by atoms with Gasteiger partial charge in [-0.1, -0.05) is 17.7 Å². The lowest BCUT2D eigenvalue weighted by Crippen LogP contribution is -2.54. The SMILES string of the molecule is O=C1NC(=S)N(c2cccc(Cl)c2)C(=O)/C1=C\c1ccc(N2CCCCC2)o1. The molecule has 8 heteroatoms. The first-order chi connectivity index (χ1) is 13.5. The molecule has 0 aliphatic carbocycles. The standard InChI is InChI=1S/C20H18ClN3O3S/c21-13-5-4-6-14(11-13)24-19(26)16(18(25)22-20(24)28)12-15-7-8-17(27-15)23-9-2-1-3-10-23/h4-8,11-12H,1-3,9-10H2,(H,22,25,28)/b16-12-. The number of hydrogen-bond donors (Lipinski definition) is 1. The Bertz CT molecular complexity index is 979. The third kappa shape index (κ3) is 3.68. The Morgan fingerprint density at radius 3 is 2.64 bits per heavy atom. The van der Waals surface area contributed by atoms with Crippen LogP contribution < -0.4 is 15.1 Å². The molecule has 3 heterocycles. The van der Waals surface area contributed by atoms with E-state index in [1.54, 1.807) is 30.3 Å². The van der Waals surface area contributed by atoms with Gasteiger partial charge in [0, 0.05) is 24.2 Å². The van der Waals surface area contributed by atoms with Crippen LogP contribution in [-0.2, 0) is 9.59 Å². The lowest BCUT2D eigenvalue weighted by atomic mass is 10.1. The van der Waals surface area contributed by atoms with Gasteiger partial charge < -0.3 is 9.32 Å². The first-order valence-electron chi connectivity index (χ1n) is 9.05. The van der Waals surface area contributed by atoms with Crippen molar-refractivity contribution in [1.29, 1.82) is 0 Å². The van der Waals surface area contributed by atoms with E-state index in [1.807, 2.05) is 6.07 Å². The predicted octanol–water partition coefficient (Wildman–Crippen LogP) is 3.75. The number of nitrogens with zero attached hydrogens (tertiary/aromatic N) is 2. The van der Waals surface area contributed by atoms with Crippen molar-refractivity contribution in [2.45, 2.75) is 19.3 Å². The second kappa shape index (κ2) is 7.77. The lowest BCUT2D eigenvalue weighted by Gasteiger charge is -2.28. The number of carbonyl (C=O) groups is 2. The Kier molecular flexibility index (Phi) is 5.19. The van der Waals surface area contributed by atoms with Gasteiger partial charge in [-0.25, -0.2) is 0 Å². The van der Waals surface area contributed by atoms with Gasteiger partial charge in [-0.2, -0.15) is 0 Å². The summed E-state index contributed by atoms with van der Waals surface area (Å²) in [6.07, 6.45) is 4.93. The highest BCUT2D eigenvalue weighted by Gasteiger charge is 2.34. The Morgan fingerprint density at radius 2 is 1.89 bits per heavy atom. The molecule has 144 valence electrons. The van der Waals surface area contributed by atoms with E-state index in [4.69, 9.17) is 28.2 Å². The molecule has 2 aromatic rings. The van der Waals surface area contributed by atoms with Gasteiger partial charge in [-0.3, -0.25) is 19.8 Å². The summed E-state index contributed by atoms with van der Waals surface area (Å²) < 4.78 is 5.85. The summed E-state index contributed by atoms with van der Waals surface area (Å²) in [6.45, 7) is 1.89. The number of rotatable bonds is 3. The zero-order chi connectivity index (χ0) is 19.7. The van der Waals surface area contributed by atoms with Crippen LogP contribution in [0.2, 0.25) is 5.02 Å². The van der Waals surface area contributed by atoms with Gasteiger partial charge in [0.15, 0.2) is 11.0 Å². The molecule has 2 aliphatic heterocycles. The van der Waals surface area contributed by atoms with Gasteiger partial charge in [0.2, 0.25) is 0 Å². The maximum Gasteiger partial charge on any atom is 0.270 e. The third-order valence-corrected chi connectivity index (χ3v) is 5.25. The summed E-state index contributed by atoms with van der Waals surface area (Å²) >= 11 is 11.2. The molecule has 1 N–H and O–H groups in total. The van der Waals surface area contributed by atoms with E-state index in [0.717, 1.165) is 31.8 Å². The maximum absolute atomic E-state index is 13.0. The molecule has 2 fully saturated rings. The smallest absolute Gasteiger partial charge is 0.270 e. The molecule has 2 aliphatic rings. The number of nitrogens with one attached hydrogen (secondary N) is 1. The van der Waals surface area contributed by atoms with Crippen LogP contribution in [0.15, 0.2) is 46.4 Å². The fourth-order valence-corrected chi connectivity index (χ4v) is 3.82. The number of thiocarbonyl (C=S) groups is 1. The Hall–Kier alpha value is -2.64. The third-order valence-electron chi connectivity index (χ3n) is 4.74. The van der Waals surface area contributed by atoms with Crippen LogP contribution in [0.1, 0.15) is 25.0 Å². The number of halogens is 1. The Morgan fingerprint density at radius 1 is 1.11 bits per heavy atom. The highest BCUT2D eigenvalue weighted by molar-refractivity contribution is 7.80. The first kappa shape index (κ1) is 18.7. The van der Waals surface area contributed by atoms with Crippen molar-refractivity contribution in [3.63, 3.8) is 0 Å². The molecule has 0 bridgehead atoms. The summed E-state index contributed by atoms with van der Waals surface area (Å²) in [7, 11) is 0. The van der Waals surface area contributed by atoms with Crippen molar-refractivity contribution in [2.75, 3.05) is 22.9 Å². The molecule has 1 aromatic heterocycles. The molecule has 0 radical (unpaired) electrons. The van der Waals surface area contributed by atoms with Crippen LogP contribution in [0.5, 0.6) is 0 Å². The average Bonchev–Trinajstić information content (AvgIpc) is 3.14. The van der Waals surface area contributed by atoms with Crippen molar-refractivity contribution < 1.29 is 14.0 Å². The van der Waals surface area contributed by atoms with E-state index >= 15 is 0 Å². The second-order valence-corrected chi connectivity index (χ2v) is 7.48. The fraction of sp³-hybridized carbons (Fsp3) is 0.250. The summed E-state index contributed by atoms with van der Waals surface area (Å²) in [6, 6.07) is 10.3. The van der Waals surface area contributed by atoms with E-state index in [0.29, 0.717) is 16.5 Å². The van der Waals surface area contributed by atoms with Crippen molar-refractivity contribution in [3.05, 3.63) is 52.8 Å². The molecule has 2 amide bonds. The molecule has 28 heavy (non-hydrogen) atoms. The van der Waals surface area contributed by atoms with Crippen LogP contribution in [0.3, 0.4) is 0 Å². The number of furan rings is 1. The molecule has 2 saturated heterocycles. The summed E-state index contributed by atoms with van der Waals surface area (Å²) in [5.41, 5.74) is 0.440. The van der Waals surface area contributed by atoms with Gasteiger partial charge in [-0.15, -0.1) is 0 Å². The monoisotopic (exact) mass is 415 g/mol. The topological polar surface area (TPSA) is 65.8 Å². The molecule has 4 rings (SSSR count). The molecule has 1 aromatic carbocycles. The van der Waals surface area contributed by atoms with Gasteiger partial charge >= 0.3 is 0 Å². The van der Waals surface area contributed by atoms with Crippen LogP contribution in [0.4, 0.5) is 11.6 Å². The second-order valence-electron chi connectivity index (χ2n) is 6.66. The molecule has 0 spiro atoms. The molecule has 0 unspecified atom stereocenters. The average molecular weight is 416 g/mol. The van der Waals surface area contributed by atoms with Crippen LogP contribution >= 0.6 is 23.8 Å². The Balaban J connectivity index is 1.63. The number of benzene rings is 1. The molecular weight excluding hydrogens is 398 g/mol. The normalized spacial score (nSPS) is 19.3. The zero-order valence-corrected chi connectivity index (χ0v) is 16.6. The fourth-order valence-electron chi connectivity index (χ4n) is 3.35. The van der Waals surface area contributed by atoms with Crippen LogP contribution in [-0.4, -0.2) is 30.0 Å². The van der Waals surface area contributed by atoms with Crippen molar-refractivity contribution in [2.24, 2.45) is 0 Å². The lowest BCUT2D eigenvalue weighted by molar-refractivity contribution is -0.122. The minimum atomic E-state index is -0.552. The van der Waals surface area contributed by atoms with E-state index in [-0.39, 0.29) is 10.7 Å². The Labute approximate surface area is 172 Å². The zero-order valence-electron chi connectivity index (χ0n) is 15.0. The van der Waals surface area contributed by atoms with Crippen molar-refractivity contribution in [3.8, 4) is 0 Å². The van der Waals surface area contributed by atoms with Crippen LogP contribution in [0, 0.1) is 0 Å². The largest absolute Gasteiger partial charge is 0.441 e. The summed E-state index contributed by atoms with van der Waals surface area (Å²) in [5, 5.41) is 3.03. The van der Waals surface area contributed by atoms with E-state index in [2.05, 4.69) is 10.2 Å². The van der Waals surface area contributed by atoms with E-state index in [9.17, 15) is 9.59 Å². The number of anilines is 2. The molecule has 0 atom stereocenters. The van der Waals surface area contributed by atoms with Crippen LogP contribution in [0.25, 0.3) is 6.08 Å². The van der Waals surface area contributed by atoms with Crippen molar-refractivity contribution in [1.82, 2.24) is 5.32 Å². The van der Waals surface area contributed by atoms with Gasteiger partial charge in [0.25, 0.3) is 11.8 Å². The molecular formula is C20H18ClN3O3S. The highest BCUT2D eigenvalue weighted by Crippen LogP contribution is 2.27. The number of amides is 2. The minimum absolute atomic E-state index is 0.0165. The summed E-state index contributed by atoms with van der Waals surface area (Å²) in [4.78, 5) is 28.8.